The van der Waals surface area contributed by atoms with Gasteiger partial charge in [-0.2, -0.15) is 0 Å². The van der Waals surface area contributed by atoms with Gasteiger partial charge in [0, 0.05) is 25.6 Å². The summed E-state index contributed by atoms with van der Waals surface area (Å²) in [5, 5.41) is 0.562. The molecule has 1 aromatic heterocycles. The number of aromatic nitrogens is 2. The van der Waals surface area contributed by atoms with Gasteiger partial charge in [-0.1, -0.05) is 35.9 Å². The van der Waals surface area contributed by atoms with Crippen LogP contribution in [0, 0.1) is 11.7 Å². The molecule has 0 aliphatic carbocycles. The fourth-order valence-electron chi connectivity index (χ4n) is 5.19. The van der Waals surface area contributed by atoms with Gasteiger partial charge in [0.1, 0.15) is 23.1 Å². The Hall–Kier alpha value is -3.09. The minimum atomic E-state index is -0.231. The van der Waals surface area contributed by atoms with Crippen LogP contribution >= 0.6 is 11.6 Å². The van der Waals surface area contributed by atoms with E-state index in [4.69, 9.17) is 26.1 Å². The molecule has 4 aromatic rings. The molecule has 1 aliphatic rings. The average Bonchev–Trinajstić information content (AvgIpc) is 3.24. The van der Waals surface area contributed by atoms with Crippen molar-refractivity contribution >= 4 is 22.6 Å². The normalized spacial score (nSPS) is 14.8. The van der Waals surface area contributed by atoms with Gasteiger partial charge in [-0.3, -0.25) is 0 Å². The van der Waals surface area contributed by atoms with Crippen molar-refractivity contribution in [2.45, 2.75) is 32.2 Å². The van der Waals surface area contributed by atoms with E-state index in [2.05, 4.69) is 21.6 Å². The Balaban J connectivity index is 1.27. The summed E-state index contributed by atoms with van der Waals surface area (Å²) in [7, 11) is 3.31. The maximum Gasteiger partial charge on any atom is 0.139 e. The van der Waals surface area contributed by atoms with Crippen LogP contribution in [-0.2, 0) is 19.4 Å². The highest BCUT2D eigenvalue weighted by Crippen LogP contribution is 2.32. The van der Waals surface area contributed by atoms with Crippen LogP contribution in [0.5, 0.6) is 11.5 Å². The molecule has 37 heavy (non-hydrogen) atoms. The lowest BCUT2D eigenvalue weighted by Gasteiger charge is -2.32. The third-order valence-electron chi connectivity index (χ3n) is 7.41. The summed E-state index contributed by atoms with van der Waals surface area (Å²) in [5.74, 6) is 2.90. The van der Waals surface area contributed by atoms with Gasteiger partial charge in [0.15, 0.2) is 0 Å². The Bertz CT molecular complexity index is 1330. The number of benzene rings is 3. The van der Waals surface area contributed by atoms with Gasteiger partial charge in [0.25, 0.3) is 0 Å². The third kappa shape index (κ3) is 6.08. The largest absolute Gasteiger partial charge is 0.497 e. The first-order chi connectivity index (χ1) is 18.0. The number of halogens is 2. The zero-order chi connectivity index (χ0) is 25.8. The van der Waals surface area contributed by atoms with Crippen molar-refractivity contribution in [1.82, 2.24) is 14.5 Å². The van der Waals surface area contributed by atoms with Gasteiger partial charge in [0.05, 0.1) is 30.3 Å². The lowest BCUT2D eigenvalue weighted by molar-refractivity contribution is 0.184. The number of ether oxygens (including phenoxy) is 2. The molecule has 0 radical (unpaired) electrons. The molecular formula is C30H33ClFN3O2. The van der Waals surface area contributed by atoms with Crippen molar-refractivity contribution in [2.75, 3.05) is 33.9 Å². The highest BCUT2D eigenvalue weighted by atomic mass is 35.5. The van der Waals surface area contributed by atoms with Crippen LogP contribution in [0.25, 0.3) is 11.0 Å². The molecule has 1 saturated heterocycles. The Morgan fingerprint density at radius 3 is 2.32 bits per heavy atom. The second kappa shape index (κ2) is 11.5. The Kier molecular flexibility index (Phi) is 7.96. The smallest absolute Gasteiger partial charge is 0.139 e. The van der Waals surface area contributed by atoms with Crippen molar-refractivity contribution in [2.24, 2.45) is 5.92 Å². The van der Waals surface area contributed by atoms with E-state index in [1.165, 1.54) is 17.7 Å². The summed E-state index contributed by atoms with van der Waals surface area (Å²) in [6.07, 6.45) is 4.24. The van der Waals surface area contributed by atoms with E-state index in [1.54, 1.807) is 14.2 Å². The molecule has 0 spiro atoms. The molecule has 0 atom stereocenters. The predicted octanol–water partition coefficient (Wildman–Crippen LogP) is 6.39. The lowest BCUT2D eigenvalue weighted by Crippen LogP contribution is -2.36. The number of methoxy groups -OCH3 is 2. The van der Waals surface area contributed by atoms with Crippen LogP contribution in [-0.4, -0.2) is 48.3 Å². The highest BCUT2D eigenvalue weighted by Gasteiger charge is 2.23. The number of hydrogen-bond acceptors (Lipinski definition) is 4. The molecule has 0 bridgehead atoms. The molecule has 3 aromatic carbocycles. The van der Waals surface area contributed by atoms with E-state index in [1.807, 2.05) is 36.4 Å². The molecule has 1 aliphatic heterocycles. The van der Waals surface area contributed by atoms with Gasteiger partial charge in [-0.25, -0.2) is 9.37 Å². The number of rotatable bonds is 9. The number of nitrogens with zero attached hydrogens (tertiary/aromatic N) is 3. The minimum Gasteiger partial charge on any atom is -0.497 e. The summed E-state index contributed by atoms with van der Waals surface area (Å²) < 4.78 is 26.4. The van der Waals surface area contributed by atoms with Crippen molar-refractivity contribution in [1.29, 1.82) is 0 Å². The van der Waals surface area contributed by atoms with Crippen LogP contribution in [0.2, 0.25) is 5.02 Å². The molecule has 0 amide bonds. The highest BCUT2D eigenvalue weighted by molar-refractivity contribution is 6.32. The Morgan fingerprint density at radius 1 is 0.946 bits per heavy atom. The van der Waals surface area contributed by atoms with Crippen LogP contribution in [0.3, 0.4) is 0 Å². The number of likely N-dealkylation sites (tertiary alicyclic amines) is 1. The van der Waals surface area contributed by atoms with Crippen LogP contribution in [0.15, 0.2) is 60.7 Å². The Labute approximate surface area is 222 Å². The van der Waals surface area contributed by atoms with E-state index in [0.29, 0.717) is 23.2 Å². The first kappa shape index (κ1) is 25.6. The second-order valence-electron chi connectivity index (χ2n) is 9.80. The lowest BCUT2D eigenvalue weighted by atomic mass is 9.93. The molecule has 1 fully saturated rings. The maximum absolute atomic E-state index is 13.5. The van der Waals surface area contributed by atoms with E-state index < -0.39 is 0 Å². The van der Waals surface area contributed by atoms with Crippen molar-refractivity contribution in [3.05, 3.63) is 88.5 Å². The predicted molar refractivity (Wildman–Crippen MR) is 146 cm³/mol. The van der Waals surface area contributed by atoms with Gasteiger partial charge in [0.2, 0.25) is 0 Å². The standard InChI is InChI=1S/C30H33ClFN3O2/c1-36-25-9-5-21(6-10-25)11-14-34-15-12-22(13-16-34)17-30-33-27-19-29(37-2)26(31)18-28(27)35(30)20-23-3-7-24(32)8-4-23/h3-10,18-19,22H,11-17,20H2,1-2H3. The van der Waals surface area contributed by atoms with Crippen molar-refractivity contribution in [3.63, 3.8) is 0 Å². The first-order valence-corrected chi connectivity index (χ1v) is 13.2. The van der Waals surface area contributed by atoms with Gasteiger partial charge in [-0.05, 0) is 79.7 Å². The number of hydrogen-bond donors (Lipinski definition) is 0. The van der Waals surface area contributed by atoms with E-state index >= 15 is 0 Å². The fourth-order valence-corrected chi connectivity index (χ4v) is 5.42. The molecule has 0 unspecified atom stereocenters. The molecule has 194 valence electrons. The van der Waals surface area contributed by atoms with E-state index in [0.717, 1.165) is 73.5 Å². The first-order valence-electron chi connectivity index (χ1n) is 12.8. The van der Waals surface area contributed by atoms with Gasteiger partial charge < -0.3 is 18.9 Å². The zero-order valence-electron chi connectivity index (χ0n) is 21.4. The SMILES string of the molecule is COc1ccc(CCN2CCC(Cc3nc4cc(OC)c(Cl)cc4n3Cc3ccc(F)cc3)CC2)cc1. The summed E-state index contributed by atoms with van der Waals surface area (Å²) in [6.45, 7) is 3.88. The Morgan fingerprint density at radius 2 is 1.65 bits per heavy atom. The third-order valence-corrected chi connectivity index (χ3v) is 7.70. The maximum atomic E-state index is 13.5. The van der Waals surface area contributed by atoms with Crippen molar-refractivity contribution in [3.8, 4) is 11.5 Å². The van der Waals surface area contributed by atoms with E-state index in [-0.39, 0.29) is 5.82 Å². The number of piperidine rings is 1. The van der Waals surface area contributed by atoms with Crippen LogP contribution in [0.4, 0.5) is 4.39 Å². The monoisotopic (exact) mass is 521 g/mol. The average molecular weight is 522 g/mol. The minimum absolute atomic E-state index is 0.231. The van der Waals surface area contributed by atoms with Gasteiger partial charge >= 0.3 is 0 Å². The van der Waals surface area contributed by atoms with Gasteiger partial charge in [-0.15, -0.1) is 0 Å². The quantitative estimate of drug-likeness (QED) is 0.256. The molecule has 2 heterocycles. The topological polar surface area (TPSA) is 39.5 Å². The molecule has 7 heteroatoms. The fraction of sp³-hybridized carbons (Fsp3) is 0.367. The molecule has 5 nitrogen and oxygen atoms in total. The van der Waals surface area contributed by atoms with Crippen LogP contribution in [0.1, 0.15) is 29.8 Å². The van der Waals surface area contributed by atoms with Crippen molar-refractivity contribution < 1.29 is 13.9 Å². The number of imidazole rings is 1. The molecule has 0 saturated carbocycles. The summed E-state index contributed by atoms with van der Waals surface area (Å²) in [4.78, 5) is 7.57. The van der Waals surface area contributed by atoms with E-state index in [9.17, 15) is 4.39 Å². The zero-order valence-corrected chi connectivity index (χ0v) is 22.2. The molecule has 5 rings (SSSR count). The number of fused-ring (bicyclic) bond motifs is 1. The summed E-state index contributed by atoms with van der Waals surface area (Å²) >= 11 is 6.48. The molecular weight excluding hydrogens is 489 g/mol. The second-order valence-corrected chi connectivity index (χ2v) is 10.2. The van der Waals surface area contributed by atoms with Crippen LogP contribution < -0.4 is 9.47 Å². The summed E-state index contributed by atoms with van der Waals surface area (Å²) in [5.41, 5.74) is 4.21. The molecule has 0 N–H and O–H groups in total. The summed E-state index contributed by atoms with van der Waals surface area (Å²) in [6, 6.07) is 18.9.